The molecular formula is C39H41N3O12S. The maximum absolute atomic E-state index is 14.7. The van der Waals surface area contributed by atoms with E-state index in [2.05, 4.69) is 5.32 Å². The lowest BCUT2D eigenvalue weighted by molar-refractivity contribution is -0.181. The van der Waals surface area contributed by atoms with Crippen molar-refractivity contribution in [2.45, 2.75) is 74.8 Å². The number of rotatable bonds is 3. The summed E-state index contributed by atoms with van der Waals surface area (Å²) >= 11 is 1.37. The number of aromatic hydroxyl groups is 1. The molecule has 1 spiro atoms. The first-order valence-corrected chi connectivity index (χ1v) is 19.2. The number of fused-ring (bicyclic) bond motifs is 8. The van der Waals surface area contributed by atoms with Crippen LogP contribution in [-0.2, 0) is 40.6 Å². The van der Waals surface area contributed by atoms with Crippen LogP contribution < -0.4 is 24.3 Å². The van der Waals surface area contributed by atoms with Crippen LogP contribution in [0.4, 0.5) is 0 Å². The molecule has 0 radical (unpaired) electrons. The summed E-state index contributed by atoms with van der Waals surface area (Å²) in [4.78, 5) is 59.9. The van der Waals surface area contributed by atoms with Gasteiger partial charge in [-0.25, -0.2) is 4.79 Å². The molecule has 1 aliphatic carbocycles. The Morgan fingerprint density at radius 2 is 1.82 bits per heavy atom. The van der Waals surface area contributed by atoms with Gasteiger partial charge in [0.2, 0.25) is 12.6 Å². The van der Waals surface area contributed by atoms with Crippen molar-refractivity contribution < 1.29 is 57.8 Å². The van der Waals surface area contributed by atoms with Crippen molar-refractivity contribution in [2.24, 2.45) is 0 Å². The van der Waals surface area contributed by atoms with Gasteiger partial charge in [-0.2, -0.15) is 0 Å². The second kappa shape index (κ2) is 12.7. The van der Waals surface area contributed by atoms with Gasteiger partial charge < -0.3 is 38.6 Å². The minimum absolute atomic E-state index is 0.0285. The van der Waals surface area contributed by atoms with Crippen molar-refractivity contribution in [3.05, 3.63) is 62.4 Å². The first-order valence-electron chi connectivity index (χ1n) is 18.2. The molecule has 7 atom stereocenters. The molecule has 7 aliphatic heterocycles. The molecular weight excluding hydrogens is 735 g/mol. The number of carbonyl (C=O) groups excluding carboxylic acids is 4. The first-order chi connectivity index (χ1) is 26.3. The number of allylic oxidation sites excluding steroid dienone is 2. The highest BCUT2D eigenvalue weighted by Gasteiger charge is 2.63. The number of phenolic OH excluding ortho intramolecular Hbond substituents is 1. The highest BCUT2D eigenvalue weighted by atomic mass is 32.2. The van der Waals surface area contributed by atoms with E-state index in [1.807, 2.05) is 16.8 Å². The number of nitrogens with one attached hydrogen (secondary N) is 1. The lowest BCUT2D eigenvalue weighted by atomic mass is 9.70. The number of methoxy groups -OCH3 is 2. The van der Waals surface area contributed by atoms with Gasteiger partial charge in [0.1, 0.15) is 18.6 Å². The van der Waals surface area contributed by atoms with E-state index in [0.29, 0.717) is 52.3 Å². The zero-order valence-electron chi connectivity index (χ0n) is 31.1. The number of esters is 2. The van der Waals surface area contributed by atoms with Gasteiger partial charge in [-0.15, -0.1) is 11.8 Å². The molecule has 55 heavy (non-hydrogen) atoms. The lowest BCUT2D eigenvalue weighted by Gasteiger charge is -2.62. The van der Waals surface area contributed by atoms with Crippen LogP contribution in [0, 0.1) is 6.92 Å². The number of benzene rings is 2. The van der Waals surface area contributed by atoms with Crippen LogP contribution in [0.5, 0.6) is 28.7 Å². The van der Waals surface area contributed by atoms with Crippen LogP contribution in [0.15, 0.2) is 34.6 Å². The molecule has 2 aromatic carbocycles. The van der Waals surface area contributed by atoms with Gasteiger partial charge >= 0.3 is 11.9 Å². The van der Waals surface area contributed by atoms with E-state index in [0.717, 1.165) is 5.56 Å². The molecule has 2 aromatic rings. The Balaban J connectivity index is 1.31. The first kappa shape index (κ1) is 36.1. The fourth-order valence-electron chi connectivity index (χ4n) is 10.00. The molecule has 1 unspecified atom stereocenters. The number of ketones is 2. The lowest BCUT2D eigenvalue weighted by Crippen LogP contribution is -2.73. The van der Waals surface area contributed by atoms with Crippen LogP contribution in [0.1, 0.15) is 59.4 Å². The van der Waals surface area contributed by atoms with Gasteiger partial charge in [-0.3, -0.25) is 29.5 Å². The number of nitrogens with zero attached hydrogens (tertiary/aromatic N) is 2. The summed E-state index contributed by atoms with van der Waals surface area (Å²) in [5.74, 6) is -0.641. The third kappa shape index (κ3) is 4.84. The van der Waals surface area contributed by atoms with Crippen molar-refractivity contribution in [1.29, 1.82) is 0 Å². The molecule has 7 heterocycles. The van der Waals surface area contributed by atoms with Gasteiger partial charge in [0, 0.05) is 58.7 Å². The molecule has 10 rings (SSSR count). The Morgan fingerprint density at radius 3 is 2.55 bits per heavy atom. The van der Waals surface area contributed by atoms with Crippen LogP contribution >= 0.6 is 11.8 Å². The summed E-state index contributed by atoms with van der Waals surface area (Å²) in [7, 11) is 4.64. The second-order valence-corrected chi connectivity index (χ2v) is 16.1. The zero-order chi connectivity index (χ0) is 38.8. The molecule has 0 saturated carbocycles. The minimum atomic E-state index is -1.42. The third-order valence-corrected chi connectivity index (χ3v) is 13.9. The molecule has 2 fully saturated rings. The van der Waals surface area contributed by atoms with Gasteiger partial charge in [0.15, 0.2) is 40.1 Å². The number of thioether (sulfide) groups is 1. The Kier molecular flexibility index (Phi) is 8.33. The van der Waals surface area contributed by atoms with Gasteiger partial charge in [0.05, 0.1) is 37.6 Å². The van der Waals surface area contributed by atoms with Crippen LogP contribution in [0.25, 0.3) is 0 Å². The molecule has 4 bridgehead atoms. The predicted octanol–water partition coefficient (Wildman–Crippen LogP) is 2.23. The van der Waals surface area contributed by atoms with E-state index in [1.54, 1.807) is 26.0 Å². The summed E-state index contributed by atoms with van der Waals surface area (Å²) in [6.07, 6.45) is -0.577. The van der Waals surface area contributed by atoms with Crippen molar-refractivity contribution in [2.75, 3.05) is 47.0 Å². The summed E-state index contributed by atoms with van der Waals surface area (Å²) in [5, 5.41) is 26.0. The fraction of sp³-hybridized carbons (Fsp3) is 0.487. The highest BCUT2D eigenvalue weighted by Crippen LogP contribution is 2.62. The standard InChI is InChI=1S/C39H41N3O12S/c1-15-30(45)19-10-21-37(47)42-22-12-51-38(48)39(20-11-24(49-5)23(44)9-18(20)7-8-40-39)13-55-36(29(42)28(41(21)4)25(19)31(46)33(15)50-6)27-26(22)35-34(52-14-53-35)16(2)32(27)54-17(3)43/h9,11,21-22,28-29,36-37,40,44,47H,7-8,10,12-14H2,1-6H3/t21-,22-,28+,29?,36+,37-,39+/m0/s1. The molecule has 8 aliphatic rings. The normalized spacial score (nSPS) is 31.1. The predicted molar refractivity (Wildman–Crippen MR) is 194 cm³/mol. The molecule has 15 nitrogen and oxygen atoms in total. The molecule has 290 valence electrons. The van der Waals surface area contributed by atoms with Crippen LogP contribution in [0.3, 0.4) is 0 Å². The number of hydrogen-bond donors (Lipinski definition) is 3. The Bertz CT molecular complexity index is 2180. The number of aliphatic hydroxyl groups is 1. The van der Waals surface area contributed by atoms with Crippen molar-refractivity contribution >= 4 is 35.3 Å². The number of aliphatic hydroxyl groups excluding tert-OH is 1. The van der Waals surface area contributed by atoms with Crippen molar-refractivity contribution in [1.82, 2.24) is 15.1 Å². The van der Waals surface area contributed by atoms with E-state index in [9.17, 15) is 29.4 Å². The maximum Gasteiger partial charge on any atom is 0.331 e. The summed E-state index contributed by atoms with van der Waals surface area (Å²) < 4.78 is 35.6. The average Bonchev–Trinajstić information content (AvgIpc) is 3.65. The second-order valence-electron chi connectivity index (χ2n) is 15.0. The number of carbonyl (C=O) groups is 4. The molecule has 16 heteroatoms. The largest absolute Gasteiger partial charge is 0.504 e. The third-order valence-electron chi connectivity index (χ3n) is 12.4. The maximum atomic E-state index is 14.7. The van der Waals surface area contributed by atoms with Crippen molar-refractivity contribution in [3.8, 4) is 28.7 Å². The molecule has 3 N–H and O–H groups in total. The number of ether oxygens (including phenoxy) is 6. The SMILES string of the molecule is COC1=C(C)C(=O)C2=C(C1=O)[C@@H]1C3[C@@H]4SC[C@]5(NCCc6cc(O)c(OC)cc65)C(=O)OC[C@@H](c5c6c(c(C)c(OC(C)=O)c54)OCO6)N3[C@@H](O)[C@H](C2)N1C. The van der Waals surface area contributed by atoms with Crippen molar-refractivity contribution in [3.63, 3.8) is 0 Å². The molecule has 0 amide bonds. The molecule has 2 saturated heterocycles. The van der Waals surface area contributed by atoms with E-state index in [-0.39, 0.29) is 65.5 Å². The topological polar surface area (TPSA) is 183 Å². The Labute approximate surface area is 320 Å². The summed E-state index contributed by atoms with van der Waals surface area (Å²) in [6, 6.07) is 0.246. The minimum Gasteiger partial charge on any atom is -0.504 e. The van der Waals surface area contributed by atoms with Gasteiger partial charge in [-0.05, 0) is 57.0 Å². The Hall–Kier alpha value is -4.61. The van der Waals surface area contributed by atoms with Gasteiger partial charge in [0.25, 0.3) is 0 Å². The molecule has 0 aromatic heterocycles. The smallest absolute Gasteiger partial charge is 0.331 e. The fourth-order valence-corrected chi connectivity index (χ4v) is 11.7. The van der Waals surface area contributed by atoms with Gasteiger partial charge in [-0.1, -0.05) is 0 Å². The number of phenols is 1. The van der Waals surface area contributed by atoms with E-state index in [1.165, 1.54) is 32.9 Å². The monoisotopic (exact) mass is 775 g/mol. The summed E-state index contributed by atoms with van der Waals surface area (Å²) in [6.45, 7) is 4.69. The summed E-state index contributed by atoms with van der Waals surface area (Å²) in [5.41, 5.74) is 2.41. The number of Topliss-reactive ketones (excluding diaryl/α,β-unsaturated/α-hetero) is 2. The van der Waals surface area contributed by atoms with E-state index >= 15 is 0 Å². The number of hydrogen-bond acceptors (Lipinski definition) is 16. The van der Waals surface area contributed by atoms with Crippen LogP contribution in [-0.4, -0.2) is 115 Å². The number of likely N-dealkylation sites (N-methyl/N-ethyl adjacent to an activating group) is 1. The average molecular weight is 776 g/mol. The Morgan fingerprint density at radius 1 is 1.05 bits per heavy atom. The number of piperazine rings is 1. The zero-order valence-corrected chi connectivity index (χ0v) is 32.0. The van der Waals surface area contributed by atoms with E-state index in [4.69, 9.17) is 28.4 Å². The highest BCUT2D eigenvalue weighted by molar-refractivity contribution is 7.99. The van der Waals surface area contributed by atoms with Crippen LogP contribution in [0.2, 0.25) is 0 Å². The quantitative estimate of drug-likeness (QED) is 0.234. The van der Waals surface area contributed by atoms with E-state index < -0.39 is 58.9 Å².